The zero-order chi connectivity index (χ0) is 14.4. The van der Waals surface area contributed by atoms with Crippen molar-refractivity contribution in [3.63, 3.8) is 0 Å². The van der Waals surface area contributed by atoms with Crippen molar-refractivity contribution in [2.24, 2.45) is 5.92 Å². The summed E-state index contributed by atoms with van der Waals surface area (Å²) >= 11 is 0. The summed E-state index contributed by atoms with van der Waals surface area (Å²) in [5.41, 5.74) is 0.995. The van der Waals surface area contributed by atoms with Gasteiger partial charge in [0.25, 0.3) is 0 Å². The Kier molecular flexibility index (Phi) is 3.21. The quantitative estimate of drug-likeness (QED) is 0.738. The van der Waals surface area contributed by atoms with Crippen molar-refractivity contribution in [3.8, 4) is 0 Å². The molecule has 0 radical (unpaired) electrons. The van der Waals surface area contributed by atoms with Crippen LogP contribution in [-0.2, 0) is 23.7 Å². The Morgan fingerprint density at radius 3 is 2.67 bits per heavy atom. The Bertz CT molecular complexity index is 531. The van der Waals surface area contributed by atoms with Crippen molar-refractivity contribution in [1.29, 1.82) is 0 Å². The first-order valence-electron chi connectivity index (χ1n) is 7.40. The van der Waals surface area contributed by atoms with Crippen molar-refractivity contribution >= 4 is 5.97 Å². The predicted molar refractivity (Wildman–Crippen MR) is 72.3 cm³/mol. The number of fused-ring (bicyclic) bond motifs is 2. The normalized spacial score (nSPS) is 42.0. The Morgan fingerprint density at radius 2 is 1.86 bits per heavy atom. The standard InChI is InChI=1S/C16H18O5/c1-9-14-12(20-15(9)17)7-11-13(19-14)8-18-16(21-11)10-5-3-2-4-6-10/h2-6,9,11-14,16H,7-8H2,1H3/t9-,11+,12+,13-,14+,16-/m1/s1. The molecule has 0 spiro atoms. The van der Waals surface area contributed by atoms with Gasteiger partial charge in [-0.15, -0.1) is 0 Å². The zero-order valence-corrected chi connectivity index (χ0v) is 11.8. The van der Waals surface area contributed by atoms with E-state index >= 15 is 0 Å². The van der Waals surface area contributed by atoms with Crippen LogP contribution in [0.15, 0.2) is 30.3 Å². The monoisotopic (exact) mass is 290 g/mol. The molecule has 0 amide bonds. The van der Waals surface area contributed by atoms with Crippen LogP contribution in [0.2, 0.25) is 0 Å². The van der Waals surface area contributed by atoms with Crippen LogP contribution in [0.25, 0.3) is 0 Å². The maximum absolute atomic E-state index is 11.7. The SMILES string of the molecule is C[C@H]1C(=O)O[C@H]2C[C@@H]3O[C@H](c4ccccc4)OC[C@H]3O[C@H]21. The number of hydrogen-bond acceptors (Lipinski definition) is 5. The smallest absolute Gasteiger partial charge is 0.311 e. The summed E-state index contributed by atoms with van der Waals surface area (Å²) in [5, 5.41) is 0. The van der Waals surface area contributed by atoms with Gasteiger partial charge in [0.2, 0.25) is 0 Å². The lowest BCUT2D eigenvalue weighted by atomic mass is 9.93. The van der Waals surface area contributed by atoms with Gasteiger partial charge in [0.1, 0.15) is 18.3 Å². The molecule has 21 heavy (non-hydrogen) atoms. The van der Waals surface area contributed by atoms with Crippen LogP contribution in [0.3, 0.4) is 0 Å². The molecule has 0 aliphatic carbocycles. The fourth-order valence-corrected chi connectivity index (χ4v) is 3.29. The Hall–Kier alpha value is -1.43. The lowest BCUT2D eigenvalue weighted by Gasteiger charge is -2.43. The van der Waals surface area contributed by atoms with Crippen LogP contribution < -0.4 is 0 Å². The van der Waals surface area contributed by atoms with Crippen LogP contribution in [0, 0.1) is 5.92 Å². The highest BCUT2D eigenvalue weighted by Crippen LogP contribution is 2.39. The van der Waals surface area contributed by atoms with Gasteiger partial charge in [-0.3, -0.25) is 4.79 Å². The third-order valence-corrected chi connectivity index (χ3v) is 4.49. The maximum Gasteiger partial charge on any atom is 0.311 e. The first-order chi connectivity index (χ1) is 10.2. The number of carbonyl (C=O) groups excluding carboxylic acids is 1. The number of esters is 1. The van der Waals surface area contributed by atoms with Gasteiger partial charge in [-0.25, -0.2) is 0 Å². The minimum Gasteiger partial charge on any atom is -0.459 e. The van der Waals surface area contributed by atoms with E-state index in [9.17, 15) is 4.79 Å². The van der Waals surface area contributed by atoms with E-state index in [1.54, 1.807) is 0 Å². The van der Waals surface area contributed by atoms with Crippen LogP contribution in [0.1, 0.15) is 25.2 Å². The molecule has 1 aromatic carbocycles. The minimum atomic E-state index is -0.373. The van der Waals surface area contributed by atoms with Crippen LogP contribution in [0.4, 0.5) is 0 Å². The molecule has 0 bridgehead atoms. The van der Waals surface area contributed by atoms with Crippen molar-refractivity contribution in [2.75, 3.05) is 6.61 Å². The first-order valence-corrected chi connectivity index (χ1v) is 7.40. The van der Waals surface area contributed by atoms with Gasteiger partial charge in [-0.2, -0.15) is 0 Å². The molecule has 0 aromatic heterocycles. The molecule has 4 rings (SSSR count). The van der Waals surface area contributed by atoms with Crippen molar-refractivity contribution in [1.82, 2.24) is 0 Å². The van der Waals surface area contributed by atoms with Gasteiger partial charge in [0, 0.05) is 12.0 Å². The van der Waals surface area contributed by atoms with E-state index in [2.05, 4.69) is 0 Å². The summed E-state index contributed by atoms with van der Waals surface area (Å²) in [5.74, 6) is -0.382. The molecule has 0 unspecified atom stereocenters. The summed E-state index contributed by atoms with van der Waals surface area (Å²) in [6.45, 7) is 2.33. The summed E-state index contributed by atoms with van der Waals surface area (Å²) in [6, 6.07) is 9.84. The third kappa shape index (κ3) is 2.25. The van der Waals surface area contributed by atoms with E-state index in [-0.39, 0.29) is 42.6 Å². The van der Waals surface area contributed by atoms with Gasteiger partial charge in [0.15, 0.2) is 6.29 Å². The second-order valence-electron chi connectivity index (χ2n) is 5.89. The average molecular weight is 290 g/mol. The van der Waals surface area contributed by atoms with Crippen LogP contribution >= 0.6 is 0 Å². The topological polar surface area (TPSA) is 54.0 Å². The van der Waals surface area contributed by atoms with Gasteiger partial charge in [0.05, 0.1) is 18.6 Å². The first kappa shape index (κ1) is 13.2. The third-order valence-electron chi connectivity index (χ3n) is 4.49. The lowest BCUT2D eigenvalue weighted by molar-refractivity contribution is -0.298. The molecule has 0 N–H and O–H groups in total. The highest BCUT2D eigenvalue weighted by atomic mass is 16.7. The highest BCUT2D eigenvalue weighted by Gasteiger charge is 2.51. The zero-order valence-electron chi connectivity index (χ0n) is 11.8. The molecule has 3 heterocycles. The molecular formula is C16H18O5. The molecule has 3 aliphatic rings. The number of ether oxygens (including phenoxy) is 4. The Labute approximate surface area is 123 Å². The van der Waals surface area contributed by atoms with E-state index in [0.29, 0.717) is 13.0 Å². The van der Waals surface area contributed by atoms with E-state index in [1.807, 2.05) is 37.3 Å². The molecule has 6 atom stereocenters. The molecule has 0 saturated carbocycles. The Balaban J connectivity index is 1.49. The minimum absolute atomic E-state index is 0.0942. The molecular weight excluding hydrogens is 272 g/mol. The van der Waals surface area contributed by atoms with Gasteiger partial charge in [-0.05, 0) is 6.92 Å². The maximum atomic E-state index is 11.7. The molecule has 112 valence electrons. The van der Waals surface area contributed by atoms with Crippen molar-refractivity contribution in [3.05, 3.63) is 35.9 Å². The molecule has 3 fully saturated rings. The Morgan fingerprint density at radius 1 is 1.05 bits per heavy atom. The van der Waals surface area contributed by atoms with E-state index in [4.69, 9.17) is 18.9 Å². The molecule has 1 aromatic rings. The summed E-state index contributed by atoms with van der Waals surface area (Å²) in [7, 11) is 0. The summed E-state index contributed by atoms with van der Waals surface area (Å²) in [4.78, 5) is 11.7. The van der Waals surface area contributed by atoms with E-state index in [1.165, 1.54) is 0 Å². The molecule has 5 nitrogen and oxygen atoms in total. The lowest BCUT2D eigenvalue weighted by Crippen LogP contribution is -2.52. The number of hydrogen-bond donors (Lipinski definition) is 0. The number of rotatable bonds is 1. The number of benzene rings is 1. The molecule has 3 aliphatic heterocycles. The van der Waals surface area contributed by atoms with Crippen molar-refractivity contribution in [2.45, 2.75) is 44.1 Å². The van der Waals surface area contributed by atoms with Gasteiger partial charge >= 0.3 is 5.97 Å². The predicted octanol–water partition coefficient (Wildman–Crippen LogP) is 1.82. The van der Waals surface area contributed by atoms with Crippen LogP contribution in [0.5, 0.6) is 0 Å². The fraction of sp³-hybridized carbons (Fsp3) is 0.562. The highest BCUT2D eigenvalue weighted by molar-refractivity contribution is 5.75. The van der Waals surface area contributed by atoms with E-state index < -0.39 is 0 Å². The van der Waals surface area contributed by atoms with Gasteiger partial charge < -0.3 is 18.9 Å². The molecule has 5 heteroatoms. The van der Waals surface area contributed by atoms with E-state index in [0.717, 1.165) is 5.56 Å². The van der Waals surface area contributed by atoms with Crippen molar-refractivity contribution < 1.29 is 23.7 Å². The fourth-order valence-electron chi connectivity index (χ4n) is 3.29. The largest absolute Gasteiger partial charge is 0.459 e. The van der Waals surface area contributed by atoms with Gasteiger partial charge in [-0.1, -0.05) is 30.3 Å². The summed E-state index contributed by atoms with van der Waals surface area (Å²) in [6.07, 6.45) is -0.269. The molecule has 3 saturated heterocycles. The number of carbonyl (C=O) groups is 1. The summed E-state index contributed by atoms with van der Waals surface area (Å²) < 4.78 is 23.2. The van der Waals surface area contributed by atoms with Crippen LogP contribution in [-0.4, -0.2) is 37.0 Å². The average Bonchev–Trinajstić information content (AvgIpc) is 2.80. The second-order valence-corrected chi connectivity index (χ2v) is 5.89. The second kappa shape index (κ2) is 5.09.